The highest BCUT2D eigenvalue weighted by Crippen LogP contribution is 2.29. The highest BCUT2D eigenvalue weighted by Gasteiger charge is 2.17. The van der Waals surface area contributed by atoms with Gasteiger partial charge in [-0.1, -0.05) is 11.6 Å². The zero-order chi connectivity index (χ0) is 14.8. The van der Waals surface area contributed by atoms with Crippen molar-refractivity contribution in [3.8, 4) is 5.75 Å². The van der Waals surface area contributed by atoms with Gasteiger partial charge in [-0.2, -0.15) is 0 Å². The van der Waals surface area contributed by atoms with Crippen molar-refractivity contribution >= 4 is 38.6 Å². The molecule has 0 unspecified atom stereocenters. The number of anilines is 1. The Kier molecular flexibility index (Phi) is 4.54. The number of ether oxygens (including phenoxy) is 1. The predicted molar refractivity (Wildman–Crippen MR) is 81.0 cm³/mol. The summed E-state index contributed by atoms with van der Waals surface area (Å²) in [5, 5.41) is 2.13. The number of halogens is 1. The molecule has 0 amide bonds. The second-order valence-electron chi connectivity index (χ2n) is 3.93. The quantitative estimate of drug-likeness (QED) is 0.882. The van der Waals surface area contributed by atoms with E-state index in [1.807, 2.05) is 0 Å². The summed E-state index contributed by atoms with van der Waals surface area (Å²) >= 11 is 7.02. The summed E-state index contributed by atoms with van der Waals surface area (Å²) < 4.78 is 32.1. The largest absolute Gasteiger partial charge is 0.495 e. The molecule has 0 aliphatic heterocycles. The lowest BCUT2D eigenvalue weighted by atomic mass is 10.3. The molecule has 0 saturated carbocycles. The third kappa shape index (κ3) is 3.24. The van der Waals surface area contributed by atoms with Gasteiger partial charge < -0.3 is 10.5 Å². The van der Waals surface area contributed by atoms with E-state index in [2.05, 4.69) is 4.72 Å². The van der Waals surface area contributed by atoms with Gasteiger partial charge in [-0.25, -0.2) is 8.42 Å². The molecule has 0 bridgehead atoms. The molecule has 5 nitrogen and oxygen atoms in total. The summed E-state index contributed by atoms with van der Waals surface area (Å²) in [6.07, 6.45) is 0. The predicted octanol–water partition coefficient (Wildman–Crippen LogP) is 2.67. The smallest absolute Gasteiger partial charge is 0.271 e. The Morgan fingerprint density at radius 2 is 2.15 bits per heavy atom. The van der Waals surface area contributed by atoms with Crippen molar-refractivity contribution in [1.82, 2.24) is 0 Å². The van der Waals surface area contributed by atoms with Crippen LogP contribution in [0.5, 0.6) is 5.75 Å². The van der Waals surface area contributed by atoms with E-state index < -0.39 is 10.0 Å². The molecule has 1 aromatic carbocycles. The zero-order valence-corrected chi connectivity index (χ0v) is 13.0. The van der Waals surface area contributed by atoms with Gasteiger partial charge in [-0.3, -0.25) is 4.72 Å². The lowest BCUT2D eigenvalue weighted by Crippen LogP contribution is -2.11. The molecular formula is C12H13ClN2O3S2. The highest BCUT2D eigenvalue weighted by atomic mass is 35.5. The van der Waals surface area contributed by atoms with Gasteiger partial charge in [0.15, 0.2) is 0 Å². The Labute approximate surface area is 126 Å². The number of sulfonamides is 1. The van der Waals surface area contributed by atoms with Crippen LogP contribution in [0.25, 0.3) is 0 Å². The van der Waals surface area contributed by atoms with E-state index in [9.17, 15) is 8.42 Å². The maximum absolute atomic E-state index is 12.2. The molecule has 0 saturated heterocycles. The van der Waals surface area contributed by atoms with Crippen molar-refractivity contribution < 1.29 is 13.2 Å². The molecule has 1 aromatic heterocycles. The molecule has 0 radical (unpaired) electrons. The fourth-order valence-electron chi connectivity index (χ4n) is 1.53. The van der Waals surface area contributed by atoms with Gasteiger partial charge in [-0.15, -0.1) is 11.3 Å². The molecule has 2 rings (SSSR count). The fraction of sp³-hybridized carbons (Fsp3) is 0.167. The Morgan fingerprint density at radius 3 is 2.75 bits per heavy atom. The summed E-state index contributed by atoms with van der Waals surface area (Å²) in [7, 11) is -2.16. The van der Waals surface area contributed by atoms with E-state index in [-0.39, 0.29) is 4.21 Å². The number of hydrogen-bond acceptors (Lipinski definition) is 5. The fourth-order valence-corrected chi connectivity index (χ4v) is 4.00. The van der Waals surface area contributed by atoms with Crippen LogP contribution in [0.4, 0.5) is 5.69 Å². The van der Waals surface area contributed by atoms with Crippen molar-refractivity contribution in [3.63, 3.8) is 0 Å². The maximum Gasteiger partial charge on any atom is 0.271 e. The Hall–Kier alpha value is -1.28. The number of benzene rings is 1. The summed E-state index contributed by atoms with van der Waals surface area (Å²) in [4.78, 5) is 0. The molecule has 8 heteroatoms. The van der Waals surface area contributed by atoms with Gasteiger partial charge in [0.2, 0.25) is 0 Å². The van der Waals surface area contributed by atoms with E-state index in [0.717, 1.165) is 16.9 Å². The number of rotatable bonds is 5. The van der Waals surface area contributed by atoms with E-state index in [1.165, 1.54) is 13.2 Å². The van der Waals surface area contributed by atoms with Crippen LogP contribution in [0.15, 0.2) is 33.9 Å². The standard InChI is InChI=1S/C12H13ClN2O3S2/c1-18-11-5-9(2-3-10(11)13)15-20(16,17)12-4-8(6-14)7-19-12/h2-5,7,15H,6,14H2,1H3. The highest BCUT2D eigenvalue weighted by molar-refractivity contribution is 7.94. The Bertz CT molecular complexity index is 713. The molecule has 0 spiro atoms. The van der Waals surface area contributed by atoms with Crippen LogP contribution in [0.1, 0.15) is 5.56 Å². The summed E-state index contributed by atoms with van der Waals surface area (Å²) in [5.74, 6) is 0.403. The normalized spacial score (nSPS) is 11.3. The number of nitrogens with one attached hydrogen (secondary N) is 1. The van der Waals surface area contributed by atoms with Gasteiger partial charge in [0.05, 0.1) is 17.8 Å². The van der Waals surface area contributed by atoms with E-state index in [0.29, 0.717) is 23.0 Å². The molecule has 1 heterocycles. The molecular weight excluding hydrogens is 320 g/mol. The minimum absolute atomic E-state index is 0.215. The van der Waals surface area contributed by atoms with E-state index in [4.69, 9.17) is 22.1 Å². The average Bonchev–Trinajstić information content (AvgIpc) is 2.90. The topological polar surface area (TPSA) is 81.4 Å². The van der Waals surface area contributed by atoms with Gasteiger partial charge >= 0.3 is 0 Å². The zero-order valence-electron chi connectivity index (χ0n) is 10.6. The van der Waals surface area contributed by atoms with Crippen molar-refractivity contribution in [2.24, 2.45) is 5.73 Å². The lowest BCUT2D eigenvalue weighted by molar-refractivity contribution is 0.415. The first-order valence-electron chi connectivity index (χ1n) is 5.60. The van der Waals surface area contributed by atoms with Crippen molar-refractivity contribution in [2.75, 3.05) is 11.8 Å². The van der Waals surface area contributed by atoms with Crippen LogP contribution in [0.3, 0.4) is 0 Å². The third-order valence-electron chi connectivity index (χ3n) is 2.53. The summed E-state index contributed by atoms with van der Waals surface area (Å²) in [5.41, 5.74) is 6.64. The van der Waals surface area contributed by atoms with Crippen molar-refractivity contribution in [2.45, 2.75) is 10.8 Å². The Balaban J connectivity index is 2.28. The van der Waals surface area contributed by atoms with Gasteiger partial charge in [0, 0.05) is 12.6 Å². The van der Waals surface area contributed by atoms with Crippen LogP contribution >= 0.6 is 22.9 Å². The average molecular weight is 333 g/mol. The molecule has 0 atom stereocenters. The lowest BCUT2D eigenvalue weighted by Gasteiger charge is -2.09. The first-order chi connectivity index (χ1) is 9.46. The van der Waals surface area contributed by atoms with Crippen LogP contribution in [-0.4, -0.2) is 15.5 Å². The molecule has 2 aromatic rings. The van der Waals surface area contributed by atoms with Crippen molar-refractivity contribution in [1.29, 1.82) is 0 Å². The van der Waals surface area contributed by atoms with Crippen LogP contribution in [-0.2, 0) is 16.6 Å². The van der Waals surface area contributed by atoms with Gasteiger partial charge in [-0.05, 0) is 29.1 Å². The molecule has 108 valence electrons. The summed E-state index contributed by atoms with van der Waals surface area (Å²) in [6.45, 7) is 0.306. The van der Waals surface area contributed by atoms with E-state index in [1.54, 1.807) is 23.6 Å². The van der Waals surface area contributed by atoms with Gasteiger partial charge in [0.25, 0.3) is 10.0 Å². The third-order valence-corrected chi connectivity index (χ3v) is 5.72. The second-order valence-corrected chi connectivity index (χ2v) is 7.16. The minimum Gasteiger partial charge on any atom is -0.495 e. The first kappa shape index (κ1) is 15.1. The SMILES string of the molecule is COc1cc(NS(=O)(=O)c2cc(CN)cs2)ccc1Cl. The van der Waals surface area contributed by atoms with Crippen LogP contribution in [0.2, 0.25) is 5.02 Å². The number of methoxy groups -OCH3 is 1. The Morgan fingerprint density at radius 1 is 1.40 bits per heavy atom. The number of hydrogen-bond donors (Lipinski definition) is 2. The van der Waals surface area contributed by atoms with Crippen LogP contribution < -0.4 is 15.2 Å². The maximum atomic E-state index is 12.2. The van der Waals surface area contributed by atoms with Gasteiger partial charge in [0.1, 0.15) is 9.96 Å². The molecule has 3 N–H and O–H groups in total. The van der Waals surface area contributed by atoms with Crippen LogP contribution in [0, 0.1) is 0 Å². The first-order valence-corrected chi connectivity index (χ1v) is 8.34. The summed E-state index contributed by atoms with van der Waals surface area (Å²) in [6, 6.07) is 6.22. The molecule has 20 heavy (non-hydrogen) atoms. The molecule has 0 aliphatic rings. The second kappa shape index (κ2) is 6.01. The number of thiophene rings is 1. The minimum atomic E-state index is -3.63. The monoisotopic (exact) mass is 332 g/mol. The number of nitrogens with two attached hydrogens (primary N) is 1. The molecule has 0 fully saturated rings. The molecule has 0 aliphatic carbocycles. The van der Waals surface area contributed by atoms with E-state index >= 15 is 0 Å². The van der Waals surface area contributed by atoms with Crippen molar-refractivity contribution in [3.05, 3.63) is 40.2 Å².